The second-order valence-corrected chi connectivity index (χ2v) is 20.0. The number of piperidine rings is 1. The molecular formula is C51H57FN8O6S2. The van der Waals surface area contributed by atoms with Gasteiger partial charge in [0.05, 0.1) is 27.2 Å². The summed E-state index contributed by atoms with van der Waals surface area (Å²) in [5, 5.41) is 28.6. The maximum absolute atomic E-state index is 14.0. The van der Waals surface area contributed by atoms with Crippen molar-refractivity contribution in [1.82, 2.24) is 14.8 Å². The molecule has 5 aromatic carbocycles. The molecule has 0 spiro atoms. The highest BCUT2D eigenvalue weighted by Crippen LogP contribution is 2.40. The molecule has 14 nitrogen and oxygen atoms in total. The number of anilines is 4. The minimum absolute atomic E-state index is 0.156. The summed E-state index contributed by atoms with van der Waals surface area (Å²) in [4.78, 5) is 32.9. The smallest absolute Gasteiger partial charge is 0.293 e. The van der Waals surface area contributed by atoms with Crippen LogP contribution in [0, 0.1) is 22.9 Å². The fourth-order valence-electron chi connectivity index (χ4n) is 9.03. The minimum Gasteiger partial charge on any atom is -0.393 e. The number of nitrogens with zero attached hydrogens (tertiary/aromatic N) is 5. The highest BCUT2D eigenvalue weighted by molar-refractivity contribution is 7.99. The topological polar surface area (TPSA) is 165 Å². The molecule has 1 atom stereocenters. The lowest BCUT2D eigenvalue weighted by molar-refractivity contribution is -0.384. The van der Waals surface area contributed by atoms with E-state index >= 15 is 0 Å². The molecule has 3 heterocycles. The number of thioether (sulfide) groups is 1. The van der Waals surface area contributed by atoms with Crippen LogP contribution in [0.4, 0.5) is 32.8 Å². The van der Waals surface area contributed by atoms with Gasteiger partial charge in [-0.15, -0.1) is 11.8 Å². The van der Waals surface area contributed by atoms with Crippen molar-refractivity contribution in [3.63, 3.8) is 0 Å². The number of aliphatic hydroxyl groups excluding tert-OH is 1. The molecule has 0 bridgehead atoms. The van der Waals surface area contributed by atoms with E-state index < -0.39 is 14.9 Å². The third-order valence-electron chi connectivity index (χ3n) is 12.9. The summed E-state index contributed by atoms with van der Waals surface area (Å²) in [6.07, 6.45) is 1.86. The molecule has 1 aromatic heterocycles. The first kappa shape index (κ1) is 48.1. The Balaban J connectivity index is 0.921. The summed E-state index contributed by atoms with van der Waals surface area (Å²) in [5.74, 6) is 0.0977. The van der Waals surface area contributed by atoms with Crippen molar-refractivity contribution in [2.24, 2.45) is 7.05 Å². The van der Waals surface area contributed by atoms with Crippen molar-refractivity contribution in [2.45, 2.75) is 48.1 Å². The Morgan fingerprint density at radius 1 is 0.853 bits per heavy atom. The summed E-state index contributed by atoms with van der Waals surface area (Å²) in [6.45, 7) is 7.06. The summed E-state index contributed by atoms with van der Waals surface area (Å²) < 4.78 is 46.0. The molecule has 68 heavy (non-hydrogen) atoms. The lowest BCUT2D eigenvalue weighted by Crippen LogP contribution is -2.46. The van der Waals surface area contributed by atoms with Crippen molar-refractivity contribution < 1.29 is 27.6 Å². The Morgan fingerprint density at radius 2 is 1.53 bits per heavy atom. The van der Waals surface area contributed by atoms with Gasteiger partial charge in [0, 0.05) is 111 Å². The van der Waals surface area contributed by atoms with Gasteiger partial charge in [0.25, 0.3) is 21.6 Å². The predicted molar refractivity (Wildman–Crippen MR) is 270 cm³/mol. The number of aromatic nitrogens is 1. The number of hydrogen-bond acceptors (Lipinski definition) is 11. The monoisotopic (exact) mass is 960 g/mol. The van der Waals surface area contributed by atoms with Crippen LogP contribution >= 0.6 is 11.8 Å². The zero-order valence-corrected chi connectivity index (χ0v) is 40.0. The Labute approximate surface area is 401 Å². The molecule has 0 radical (unpaired) electrons. The molecule has 8 rings (SSSR count). The summed E-state index contributed by atoms with van der Waals surface area (Å²) in [7, 11) is -0.668. The first-order chi connectivity index (χ1) is 32.8. The van der Waals surface area contributed by atoms with Crippen LogP contribution < -0.4 is 25.2 Å². The van der Waals surface area contributed by atoms with Gasteiger partial charge in [0.1, 0.15) is 11.5 Å². The van der Waals surface area contributed by atoms with Gasteiger partial charge < -0.3 is 35.0 Å². The highest BCUT2D eigenvalue weighted by atomic mass is 32.2. The highest BCUT2D eigenvalue weighted by Gasteiger charge is 2.28. The van der Waals surface area contributed by atoms with Gasteiger partial charge in [-0.2, -0.15) is 0 Å². The molecule has 0 saturated carbocycles. The molecule has 2 aliphatic heterocycles. The lowest BCUT2D eigenvalue weighted by Gasteiger charge is -2.37. The third-order valence-corrected chi connectivity index (χ3v) is 15.5. The zero-order chi connectivity index (χ0) is 48.0. The van der Waals surface area contributed by atoms with E-state index in [0.29, 0.717) is 49.6 Å². The number of piperazine rings is 1. The standard InChI is InChI=1S/C51H57FN8O6S2/c1-35-48(51(62)53-2)49(50(56(35)3)36-12-14-38(52)15-13-36)37-8-7-9-42(32-37)59-30-28-58(29-31-59)41-18-16-39(17-19-41)55-68(65,66)45-20-21-46(47(33-45)60(63)64)54-40(34-67-44-10-5-4-6-11-44)22-25-57-26-23-43(61)24-27-57/h4-21,32-33,40,43,54-55,61H,22-31,34H2,1-3H3,(H,53,62)/t40-/m1/s1. The maximum atomic E-state index is 14.0. The number of likely N-dealkylation sites (tertiary alicyclic amines) is 1. The van der Waals surface area contributed by atoms with E-state index in [0.717, 1.165) is 82.9 Å². The van der Waals surface area contributed by atoms with E-state index in [2.05, 4.69) is 42.2 Å². The van der Waals surface area contributed by atoms with Crippen LogP contribution in [0.5, 0.6) is 0 Å². The fourth-order valence-corrected chi connectivity index (χ4v) is 11.1. The number of nitro benzene ring substituents is 1. The number of hydrogen-bond donors (Lipinski definition) is 4. The van der Waals surface area contributed by atoms with Gasteiger partial charge in [0.2, 0.25) is 0 Å². The van der Waals surface area contributed by atoms with Gasteiger partial charge in [0.15, 0.2) is 0 Å². The molecule has 17 heteroatoms. The van der Waals surface area contributed by atoms with E-state index in [1.807, 2.05) is 73.1 Å². The van der Waals surface area contributed by atoms with Crippen LogP contribution in [0.15, 0.2) is 131 Å². The predicted octanol–water partition coefficient (Wildman–Crippen LogP) is 8.62. The average molecular weight is 961 g/mol. The second-order valence-electron chi connectivity index (χ2n) is 17.3. The fraction of sp³-hybridized carbons (Fsp3) is 0.314. The van der Waals surface area contributed by atoms with Gasteiger partial charge in [-0.1, -0.05) is 30.3 Å². The van der Waals surface area contributed by atoms with Crippen LogP contribution in [0.3, 0.4) is 0 Å². The molecule has 6 aromatic rings. The second kappa shape index (κ2) is 21.3. The van der Waals surface area contributed by atoms with E-state index in [9.17, 15) is 32.8 Å². The van der Waals surface area contributed by atoms with E-state index in [1.165, 1.54) is 24.3 Å². The number of rotatable bonds is 17. The van der Waals surface area contributed by atoms with Crippen LogP contribution in [0.2, 0.25) is 0 Å². The molecular weight excluding hydrogens is 904 g/mol. The van der Waals surface area contributed by atoms with E-state index in [1.54, 1.807) is 43.1 Å². The number of aliphatic hydroxyl groups is 1. The number of benzene rings is 5. The van der Waals surface area contributed by atoms with Gasteiger partial charge in [-0.3, -0.25) is 19.6 Å². The first-order valence-electron chi connectivity index (χ1n) is 22.8. The quantitative estimate of drug-likeness (QED) is 0.0393. The van der Waals surface area contributed by atoms with E-state index in [4.69, 9.17) is 0 Å². The normalized spacial score (nSPS) is 15.2. The number of nitrogens with one attached hydrogen (secondary N) is 3. The lowest BCUT2D eigenvalue weighted by atomic mass is 9.96. The number of amides is 1. The summed E-state index contributed by atoms with van der Waals surface area (Å²) in [6, 6.07) is 35.3. The SMILES string of the molecule is CNC(=O)c1c(-c2cccc(N3CCN(c4ccc(NS(=O)(=O)c5ccc(N[C@H](CCN6CCC(O)CC6)CSc6ccccc6)c([N+](=O)[O-])c5)cc4)CC3)c2)c(-c2ccc(F)cc2)n(C)c1C. The molecule has 2 fully saturated rings. The van der Waals surface area contributed by atoms with Gasteiger partial charge in [-0.05, 0) is 122 Å². The Morgan fingerprint density at radius 3 is 2.19 bits per heavy atom. The zero-order valence-electron chi connectivity index (χ0n) is 38.4. The van der Waals surface area contributed by atoms with Crippen LogP contribution in [-0.4, -0.2) is 105 Å². The third kappa shape index (κ3) is 11.1. The Hall–Kier alpha value is -6.40. The number of carbonyl (C=O) groups excluding carboxylic acids is 1. The minimum atomic E-state index is -4.19. The van der Waals surface area contributed by atoms with Crippen LogP contribution in [-0.2, 0) is 17.1 Å². The van der Waals surface area contributed by atoms with Crippen molar-refractivity contribution in [2.75, 3.05) is 78.5 Å². The largest absolute Gasteiger partial charge is 0.393 e. The van der Waals surface area contributed by atoms with Gasteiger partial charge >= 0.3 is 0 Å². The Kier molecular flexibility index (Phi) is 15.0. The number of halogens is 1. The van der Waals surface area contributed by atoms with Crippen molar-refractivity contribution >= 4 is 56.1 Å². The number of carbonyl (C=O) groups is 1. The van der Waals surface area contributed by atoms with Crippen molar-refractivity contribution in [3.05, 3.63) is 149 Å². The van der Waals surface area contributed by atoms with Crippen LogP contribution in [0.25, 0.3) is 22.4 Å². The van der Waals surface area contributed by atoms with Crippen LogP contribution in [0.1, 0.15) is 35.3 Å². The molecule has 0 aliphatic carbocycles. The van der Waals surface area contributed by atoms with Crippen molar-refractivity contribution in [3.8, 4) is 22.4 Å². The summed E-state index contributed by atoms with van der Waals surface area (Å²) >= 11 is 1.65. The number of sulfonamides is 1. The molecule has 2 aliphatic rings. The molecule has 356 valence electrons. The van der Waals surface area contributed by atoms with Gasteiger partial charge in [-0.25, -0.2) is 12.8 Å². The molecule has 2 saturated heterocycles. The Bertz CT molecular complexity index is 2830. The summed E-state index contributed by atoms with van der Waals surface area (Å²) in [5.41, 5.74) is 6.79. The average Bonchev–Trinajstić information content (AvgIpc) is 3.62. The van der Waals surface area contributed by atoms with Crippen molar-refractivity contribution in [1.29, 1.82) is 0 Å². The number of nitro groups is 1. The van der Waals surface area contributed by atoms with E-state index in [-0.39, 0.29) is 40.1 Å². The molecule has 4 N–H and O–H groups in total. The molecule has 0 unspecified atom stereocenters. The maximum Gasteiger partial charge on any atom is 0.293 e. The first-order valence-corrected chi connectivity index (χ1v) is 25.3. The molecule has 1 amide bonds.